The van der Waals surface area contributed by atoms with Gasteiger partial charge in [0, 0.05) is 13.1 Å². The summed E-state index contributed by atoms with van der Waals surface area (Å²) in [5, 5.41) is 5.93. The second-order valence-electron chi connectivity index (χ2n) is 6.95. The van der Waals surface area contributed by atoms with Crippen molar-refractivity contribution in [1.29, 1.82) is 0 Å². The summed E-state index contributed by atoms with van der Waals surface area (Å²) >= 11 is 0. The van der Waals surface area contributed by atoms with Crippen molar-refractivity contribution in [1.82, 2.24) is 10.6 Å². The van der Waals surface area contributed by atoms with Crippen molar-refractivity contribution in [2.75, 3.05) is 13.1 Å². The van der Waals surface area contributed by atoms with E-state index in [1.54, 1.807) is 0 Å². The molecule has 0 aromatic heterocycles. The summed E-state index contributed by atoms with van der Waals surface area (Å²) in [7, 11) is 0. The maximum Gasteiger partial charge on any atom is 0.314 e. The van der Waals surface area contributed by atoms with Gasteiger partial charge < -0.3 is 10.6 Å². The van der Waals surface area contributed by atoms with Gasteiger partial charge in [-0.2, -0.15) is 0 Å². The number of hydrogen-bond donors (Lipinski definition) is 2. The third-order valence-electron chi connectivity index (χ3n) is 4.88. The van der Waals surface area contributed by atoms with Gasteiger partial charge in [0.2, 0.25) is 0 Å². The van der Waals surface area contributed by atoms with E-state index in [0.29, 0.717) is 0 Å². The number of unbranched alkanes of at least 4 members (excludes halogenated alkanes) is 9. The van der Waals surface area contributed by atoms with Gasteiger partial charge in [-0.15, -0.1) is 0 Å². The fourth-order valence-corrected chi connectivity index (χ4v) is 3.05. The van der Waals surface area contributed by atoms with Crippen LogP contribution in [0.25, 0.3) is 0 Å². The molecular weight excluding hydrogens is 272 g/mol. The maximum absolute atomic E-state index is 11.6. The summed E-state index contributed by atoms with van der Waals surface area (Å²) < 4.78 is 0. The van der Waals surface area contributed by atoms with Gasteiger partial charge in [0.1, 0.15) is 0 Å². The number of urea groups is 1. The van der Waals surface area contributed by atoms with Crippen LogP contribution in [0.15, 0.2) is 0 Å². The third kappa shape index (κ3) is 10.9. The lowest BCUT2D eigenvalue weighted by Gasteiger charge is -2.25. The molecule has 130 valence electrons. The molecule has 22 heavy (non-hydrogen) atoms. The fourth-order valence-electron chi connectivity index (χ4n) is 3.05. The van der Waals surface area contributed by atoms with Crippen LogP contribution in [0.5, 0.6) is 0 Å². The minimum absolute atomic E-state index is 0.0234. The molecule has 2 amide bonds. The Hall–Kier alpha value is -0.730. The van der Waals surface area contributed by atoms with Crippen molar-refractivity contribution in [3.8, 4) is 0 Å². The van der Waals surface area contributed by atoms with Crippen molar-refractivity contribution in [2.45, 2.75) is 96.8 Å². The first-order chi connectivity index (χ1) is 10.8. The Balaban J connectivity index is 1.72. The molecule has 0 saturated heterocycles. The first-order valence-corrected chi connectivity index (χ1v) is 9.84. The second kappa shape index (κ2) is 13.9. The van der Waals surface area contributed by atoms with Crippen LogP contribution in [-0.4, -0.2) is 19.1 Å². The molecule has 0 bridgehead atoms. The zero-order valence-corrected chi connectivity index (χ0v) is 14.8. The van der Waals surface area contributed by atoms with E-state index >= 15 is 0 Å². The zero-order valence-electron chi connectivity index (χ0n) is 14.8. The Labute approximate surface area is 138 Å². The summed E-state index contributed by atoms with van der Waals surface area (Å²) in [6, 6.07) is 0.0234. The number of nitrogens with one attached hydrogen (secondary N) is 2. The average molecular weight is 311 g/mol. The van der Waals surface area contributed by atoms with Crippen LogP contribution in [-0.2, 0) is 0 Å². The van der Waals surface area contributed by atoms with Gasteiger partial charge in [0.05, 0.1) is 0 Å². The molecule has 1 aliphatic rings. The Morgan fingerprint density at radius 2 is 1.36 bits per heavy atom. The van der Waals surface area contributed by atoms with E-state index in [4.69, 9.17) is 0 Å². The first kappa shape index (κ1) is 19.3. The van der Waals surface area contributed by atoms with Crippen LogP contribution in [0, 0.1) is 5.92 Å². The van der Waals surface area contributed by atoms with Crippen molar-refractivity contribution in [3.63, 3.8) is 0 Å². The Morgan fingerprint density at radius 1 is 0.818 bits per heavy atom. The van der Waals surface area contributed by atoms with Crippen LogP contribution in [0.3, 0.4) is 0 Å². The molecular formula is C19H38N2O. The predicted octanol–water partition coefficient (Wildman–Crippen LogP) is 5.40. The summed E-state index contributed by atoms with van der Waals surface area (Å²) in [6.07, 6.45) is 18.7. The van der Waals surface area contributed by atoms with Crippen LogP contribution in [0.1, 0.15) is 96.8 Å². The topological polar surface area (TPSA) is 41.1 Å². The highest BCUT2D eigenvalue weighted by Crippen LogP contribution is 2.28. The minimum Gasteiger partial charge on any atom is -0.338 e. The highest BCUT2D eigenvalue weighted by Gasteiger charge is 2.16. The number of carbonyl (C=O) groups is 1. The summed E-state index contributed by atoms with van der Waals surface area (Å²) in [4.78, 5) is 11.6. The molecule has 0 unspecified atom stereocenters. The number of amides is 2. The van der Waals surface area contributed by atoms with E-state index in [-0.39, 0.29) is 6.03 Å². The highest BCUT2D eigenvalue weighted by atomic mass is 16.2. The van der Waals surface area contributed by atoms with Gasteiger partial charge in [-0.05, 0) is 18.8 Å². The highest BCUT2D eigenvalue weighted by molar-refractivity contribution is 5.73. The van der Waals surface area contributed by atoms with Gasteiger partial charge in [0.25, 0.3) is 0 Å². The number of carbonyl (C=O) groups excluding carboxylic acids is 1. The smallest absolute Gasteiger partial charge is 0.314 e. The number of hydrogen-bond acceptors (Lipinski definition) is 1. The molecule has 1 aliphatic carbocycles. The summed E-state index contributed by atoms with van der Waals surface area (Å²) in [6.45, 7) is 3.93. The van der Waals surface area contributed by atoms with Crippen molar-refractivity contribution < 1.29 is 4.79 Å². The molecule has 0 heterocycles. The van der Waals surface area contributed by atoms with E-state index in [0.717, 1.165) is 31.8 Å². The van der Waals surface area contributed by atoms with Crippen LogP contribution in [0.2, 0.25) is 0 Å². The van der Waals surface area contributed by atoms with Crippen LogP contribution >= 0.6 is 0 Å². The fraction of sp³-hybridized carbons (Fsp3) is 0.947. The predicted molar refractivity (Wildman–Crippen MR) is 95.2 cm³/mol. The van der Waals surface area contributed by atoms with Gasteiger partial charge in [-0.25, -0.2) is 4.79 Å². The molecule has 1 saturated carbocycles. The van der Waals surface area contributed by atoms with Crippen LogP contribution < -0.4 is 10.6 Å². The van der Waals surface area contributed by atoms with Gasteiger partial charge in [-0.1, -0.05) is 84.0 Å². The van der Waals surface area contributed by atoms with Gasteiger partial charge >= 0.3 is 6.03 Å². The van der Waals surface area contributed by atoms with E-state index in [2.05, 4.69) is 17.6 Å². The molecule has 3 heteroatoms. The van der Waals surface area contributed by atoms with Crippen molar-refractivity contribution in [2.24, 2.45) is 5.92 Å². The quantitative estimate of drug-likeness (QED) is 0.415. The van der Waals surface area contributed by atoms with Crippen LogP contribution in [0.4, 0.5) is 4.79 Å². The standard InChI is InChI=1S/C19H38N2O/c1-2-3-4-5-6-7-8-9-10-11-16-20-19(22)21-17-15-18-13-12-14-18/h18H,2-17H2,1H3,(H2,20,21,22). The zero-order chi connectivity index (χ0) is 15.9. The Morgan fingerprint density at radius 3 is 1.91 bits per heavy atom. The van der Waals surface area contributed by atoms with Crippen molar-refractivity contribution in [3.05, 3.63) is 0 Å². The van der Waals surface area contributed by atoms with E-state index < -0.39 is 0 Å². The van der Waals surface area contributed by atoms with E-state index in [1.165, 1.54) is 77.0 Å². The second-order valence-corrected chi connectivity index (χ2v) is 6.95. The monoisotopic (exact) mass is 310 g/mol. The minimum atomic E-state index is 0.0234. The molecule has 0 aromatic carbocycles. The lowest BCUT2D eigenvalue weighted by Crippen LogP contribution is -2.37. The third-order valence-corrected chi connectivity index (χ3v) is 4.88. The van der Waals surface area contributed by atoms with Gasteiger partial charge in [0.15, 0.2) is 0 Å². The lowest BCUT2D eigenvalue weighted by atomic mass is 9.83. The SMILES string of the molecule is CCCCCCCCCCCCNC(=O)NCCC1CCC1. The largest absolute Gasteiger partial charge is 0.338 e. The van der Waals surface area contributed by atoms with E-state index in [1.807, 2.05) is 0 Å². The lowest BCUT2D eigenvalue weighted by molar-refractivity contribution is 0.236. The normalized spacial score (nSPS) is 14.6. The average Bonchev–Trinajstić information content (AvgIpc) is 2.47. The molecule has 0 radical (unpaired) electrons. The Bertz CT molecular complexity index is 264. The van der Waals surface area contributed by atoms with E-state index in [9.17, 15) is 4.79 Å². The summed E-state index contributed by atoms with van der Waals surface area (Å²) in [5.41, 5.74) is 0. The molecule has 0 atom stereocenters. The molecule has 3 nitrogen and oxygen atoms in total. The molecule has 0 spiro atoms. The van der Waals surface area contributed by atoms with Gasteiger partial charge in [-0.3, -0.25) is 0 Å². The molecule has 2 N–H and O–H groups in total. The molecule has 1 fully saturated rings. The maximum atomic E-state index is 11.6. The Kier molecular flexibility index (Phi) is 12.2. The molecule has 0 aliphatic heterocycles. The first-order valence-electron chi connectivity index (χ1n) is 9.84. The molecule has 0 aromatic rings. The molecule has 1 rings (SSSR count). The van der Waals surface area contributed by atoms with Crippen molar-refractivity contribution >= 4 is 6.03 Å². The summed E-state index contributed by atoms with van der Waals surface area (Å²) in [5.74, 6) is 0.877. The number of rotatable bonds is 14.